The van der Waals surface area contributed by atoms with Crippen LogP contribution in [0.4, 0.5) is 0 Å². The molecule has 352 valence electrons. The van der Waals surface area contributed by atoms with Crippen LogP contribution in [0.3, 0.4) is 0 Å². The summed E-state index contributed by atoms with van der Waals surface area (Å²) in [6.07, 6.45) is 0. The van der Waals surface area contributed by atoms with Crippen molar-refractivity contribution in [3.05, 3.63) is 251 Å². The molecule has 10 aromatic carbocycles. The number of nitrogens with one attached hydrogen (secondary N) is 2. The molecule has 0 saturated carbocycles. The predicted octanol–water partition coefficient (Wildman–Crippen LogP) is 19.8. The van der Waals surface area contributed by atoms with Gasteiger partial charge in [0, 0.05) is 80.0 Å². The van der Waals surface area contributed by atoms with Gasteiger partial charge in [0.05, 0.1) is 0 Å². The smallest absolute Gasteiger partial charge is 0.135 e. The van der Waals surface area contributed by atoms with E-state index in [1.807, 2.05) is 35.6 Å². The summed E-state index contributed by atoms with van der Waals surface area (Å²) in [7, 11) is 0. The van der Waals surface area contributed by atoms with Crippen molar-refractivity contribution < 1.29 is 4.42 Å². The lowest BCUT2D eigenvalue weighted by Gasteiger charge is -2.21. The summed E-state index contributed by atoms with van der Waals surface area (Å²) >= 11 is 1.87. The molecule has 0 fully saturated rings. The maximum atomic E-state index is 5.71. The zero-order chi connectivity index (χ0) is 49.5. The van der Waals surface area contributed by atoms with E-state index in [4.69, 9.17) is 4.42 Å². The van der Waals surface area contributed by atoms with Crippen LogP contribution in [0.1, 0.15) is 52.8 Å². The molecule has 0 atom stereocenters. The van der Waals surface area contributed by atoms with Gasteiger partial charge < -0.3 is 14.4 Å². The number of hydrogen-bond donors (Lipinski definition) is 2. The van der Waals surface area contributed by atoms with Crippen molar-refractivity contribution in [3.63, 3.8) is 0 Å². The van der Waals surface area contributed by atoms with Crippen LogP contribution in [0, 0.1) is 34.6 Å². The Hall–Kier alpha value is -8.18. The molecular formula is C68H58N2OS. The van der Waals surface area contributed by atoms with E-state index in [1.54, 1.807) is 0 Å². The van der Waals surface area contributed by atoms with Crippen molar-refractivity contribution in [1.82, 2.24) is 9.97 Å². The molecule has 0 unspecified atom stereocenters. The lowest BCUT2D eigenvalue weighted by molar-refractivity contribution is 0.660. The second kappa shape index (κ2) is 19.2. The van der Waals surface area contributed by atoms with Gasteiger partial charge in [-0.1, -0.05) is 182 Å². The van der Waals surface area contributed by atoms with Gasteiger partial charge in [0.2, 0.25) is 0 Å². The summed E-state index contributed by atoms with van der Waals surface area (Å²) in [5.41, 5.74) is 19.2. The van der Waals surface area contributed by atoms with Crippen molar-refractivity contribution in [2.24, 2.45) is 0 Å². The normalized spacial score (nSPS) is 12.2. The van der Waals surface area contributed by atoms with Crippen LogP contribution in [0.25, 0.3) is 96.8 Å². The zero-order valence-electron chi connectivity index (χ0n) is 42.0. The first-order chi connectivity index (χ1) is 35.0. The maximum Gasteiger partial charge on any atom is 0.135 e. The SMILES string of the molecule is Cc1ccc2[nH]c3ccccc3c2c1.Cc1ccc2c(c1)-c1ccccc1C2(C)C.Cc1ccc2c(c1)[nH]c1ccccc12.Cc1ccc2oc3ccccc3c2c1.Cc1ccc2sc3ccccc3c2c1. The van der Waals surface area contributed by atoms with Crippen LogP contribution < -0.4 is 0 Å². The lowest BCUT2D eigenvalue weighted by atomic mass is 9.82. The van der Waals surface area contributed by atoms with Gasteiger partial charge in [-0.25, -0.2) is 0 Å². The van der Waals surface area contributed by atoms with Crippen molar-refractivity contribution in [1.29, 1.82) is 0 Å². The second-order valence-corrected chi connectivity index (χ2v) is 20.9. The van der Waals surface area contributed by atoms with Gasteiger partial charge in [-0.05, 0) is 129 Å². The average molecular weight is 951 g/mol. The molecule has 72 heavy (non-hydrogen) atoms. The first-order valence-corrected chi connectivity index (χ1v) is 25.7. The maximum absolute atomic E-state index is 5.71. The summed E-state index contributed by atoms with van der Waals surface area (Å²) in [5.74, 6) is 0. The van der Waals surface area contributed by atoms with Crippen LogP contribution in [0.5, 0.6) is 0 Å². The van der Waals surface area contributed by atoms with E-state index in [-0.39, 0.29) is 5.41 Å². The topological polar surface area (TPSA) is 44.7 Å². The van der Waals surface area contributed by atoms with E-state index in [2.05, 4.69) is 246 Å². The molecule has 14 aromatic rings. The minimum atomic E-state index is 0.152. The van der Waals surface area contributed by atoms with Gasteiger partial charge in [0.25, 0.3) is 0 Å². The number of benzene rings is 10. The van der Waals surface area contributed by atoms with E-state index in [0.717, 1.165) is 11.2 Å². The minimum Gasteiger partial charge on any atom is -0.456 e. The molecule has 0 amide bonds. The van der Waals surface area contributed by atoms with Gasteiger partial charge in [-0.15, -0.1) is 11.3 Å². The number of furan rings is 1. The summed E-state index contributed by atoms with van der Waals surface area (Å²) in [6.45, 7) is 15.3. The first kappa shape index (κ1) is 46.2. The highest BCUT2D eigenvalue weighted by Crippen LogP contribution is 2.48. The Labute approximate surface area is 425 Å². The van der Waals surface area contributed by atoms with Gasteiger partial charge in [0.1, 0.15) is 11.2 Å². The molecule has 0 saturated heterocycles. The van der Waals surface area contributed by atoms with E-state index < -0.39 is 0 Å². The fourth-order valence-electron chi connectivity index (χ4n) is 10.4. The van der Waals surface area contributed by atoms with Gasteiger partial charge in [-0.3, -0.25) is 0 Å². The Kier molecular flexibility index (Phi) is 12.3. The molecular weight excluding hydrogens is 893 g/mol. The highest BCUT2D eigenvalue weighted by atomic mass is 32.1. The zero-order valence-corrected chi connectivity index (χ0v) is 42.8. The molecule has 4 heteroatoms. The molecule has 0 aliphatic heterocycles. The van der Waals surface area contributed by atoms with E-state index >= 15 is 0 Å². The molecule has 1 aliphatic rings. The average Bonchev–Trinajstić information content (AvgIpc) is 4.20. The lowest BCUT2D eigenvalue weighted by Crippen LogP contribution is -2.14. The van der Waals surface area contributed by atoms with Crippen LogP contribution in [-0.2, 0) is 5.41 Å². The van der Waals surface area contributed by atoms with E-state index in [9.17, 15) is 0 Å². The van der Waals surface area contributed by atoms with Crippen molar-refractivity contribution in [2.75, 3.05) is 0 Å². The number of H-pyrrole nitrogens is 2. The predicted molar refractivity (Wildman–Crippen MR) is 312 cm³/mol. The van der Waals surface area contributed by atoms with Gasteiger partial charge in [-0.2, -0.15) is 0 Å². The third-order valence-electron chi connectivity index (χ3n) is 14.1. The van der Waals surface area contributed by atoms with E-state index in [0.29, 0.717) is 0 Å². The fourth-order valence-corrected chi connectivity index (χ4v) is 11.5. The second-order valence-electron chi connectivity index (χ2n) is 19.9. The van der Waals surface area contributed by atoms with Crippen LogP contribution in [-0.4, -0.2) is 9.97 Å². The number of aromatic amines is 2. The molecule has 3 nitrogen and oxygen atoms in total. The molecule has 0 spiro atoms. The summed E-state index contributed by atoms with van der Waals surface area (Å²) < 4.78 is 8.48. The van der Waals surface area contributed by atoms with Crippen LogP contribution in [0.15, 0.2) is 217 Å². The summed E-state index contributed by atoms with van der Waals surface area (Å²) in [6, 6.07) is 75.1. The first-order valence-electron chi connectivity index (χ1n) is 24.9. The summed E-state index contributed by atoms with van der Waals surface area (Å²) in [5, 5.41) is 10.4. The molecule has 4 heterocycles. The Morgan fingerprint density at radius 3 is 1.57 bits per heavy atom. The number of aryl methyl sites for hydroxylation is 5. The molecule has 15 rings (SSSR count). The third kappa shape index (κ3) is 8.95. The number of hydrogen-bond acceptors (Lipinski definition) is 2. The van der Waals surface area contributed by atoms with Gasteiger partial charge in [0.15, 0.2) is 0 Å². The molecule has 1 aliphatic carbocycles. The quantitative estimate of drug-likeness (QED) is 0.156. The molecule has 0 bridgehead atoms. The third-order valence-corrected chi connectivity index (χ3v) is 15.3. The number of fused-ring (bicyclic) bond motifs is 15. The largest absolute Gasteiger partial charge is 0.456 e. The molecule has 2 N–H and O–H groups in total. The van der Waals surface area contributed by atoms with Crippen molar-refractivity contribution in [3.8, 4) is 11.1 Å². The monoisotopic (exact) mass is 950 g/mol. The Bertz CT molecular complexity index is 3990. The highest BCUT2D eigenvalue weighted by molar-refractivity contribution is 7.25. The number of para-hydroxylation sites is 3. The highest BCUT2D eigenvalue weighted by Gasteiger charge is 2.34. The number of rotatable bonds is 0. The van der Waals surface area contributed by atoms with E-state index in [1.165, 1.54) is 125 Å². The minimum absolute atomic E-state index is 0.152. The fraction of sp³-hybridized carbons (Fsp3) is 0.118. The molecule has 0 radical (unpaired) electrons. The Morgan fingerprint density at radius 1 is 0.319 bits per heavy atom. The molecule has 4 aromatic heterocycles. The number of aromatic nitrogens is 2. The van der Waals surface area contributed by atoms with Gasteiger partial charge >= 0.3 is 0 Å². The number of thiophene rings is 1. The van der Waals surface area contributed by atoms with Crippen molar-refractivity contribution in [2.45, 2.75) is 53.9 Å². The summed E-state index contributed by atoms with van der Waals surface area (Å²) in [4.78, 5) is 6.82. The van der Waals surface area contributed by atoms with Crippen molar-refractivity contribution >= 4 is 97.1 Å². The Morgan fingerprint density at radius 2 is 0.792 bits per heavy atom. The van der Waals surface area contributed by atoms with Crippen LogP contribution >= 0.6 is 11.3 Å². The Balaban J connectivity index is 0.0000000974. The standard InChI is InChI=1S/C16H16.2C13H11N.C13H10O.C13H10S/c1-11-8-9-15-13(10-11)12-6-4-5-7-14(12)16(15,2)3;1-9-6-7-13-11(8-9)10-4-2-3-5-12(10)14-13;1-9-6-7-11-10-4-2-3-5-12(10)14-13(11)8-9;2*1-9-6-7-13-11(8-9)10-4-2-3-5-12(10)14-13/h4-10H,1-3H3;2*2-8,14H,1H3;2*2-8H,1H3. The van der Waals surface area contributed by atoms with Crippen LogP contribution in [0.2, 0.25) is 0 Å².